The molecule has 1 amide bonds. The minimum atomic E-state index is -0.0781. The Hall–Kier alpha value is -3.86. The molecule has 3 aromatic carbocycles. The number of ether oxygens (including phenoxy) is 1. The van der Waals surface area contributed by atoms with E-state index in [1.54, 1.807) is 13.4 Å². The molecule has 4 rings (SSSR count). The molecule has 0 aliphatic heterocycles. The Morgan fingerprint density at radius 3 is 2.27 bits per heavy atom. The van der Waals surface area contributed by atoms with E-state index in [4.69, 9.17) is 9.15 Å². The maximum atomic E-state index is 12.3. The second-order valence-corrected chi connectivity index (χ2v) is 7.05. The van der Waals surface area contributed by atoms with E-state index < -0.39 is 0 Å². The Morgan fingerprint density at radius 1 is 0.933 bits per heavy atom. The van der Waals surface area contributed by atoms with E-state index in [1.807, 2.05) is 72.8 Å². The van der Waals surface area contributed by atoms with E-state index in [-0.39, 0.29) is 5.91 Å². The molecule has 1 N–H and O–H groups in total. The van der Waals surface area contributed by atoms with Gasteiger partial charge < -0.3 is 14.5 Å². The van der Waals surface area contributed by atoms with Gasteiger partial charge in [0.25, 0.3) is 0 Å². The predicted molar refractivity (Wildman–Crippen MR) is 117 cm³/mol. The summed E-state index contributed by atoms with van der Waals surface area (Å²) in [5.74, 6) is 1.24. The molecule has 0 saturated carbocycles. The van der Waals surface area contributed by atoms with E-state index in [1.165, 1.54) is 5.56 Å². The van der Waals surface area contributed by atoms with Crippen LogP contribution in [-0.2, 0) is 11.2 Å². The number of hydrogen-bond acceptors (Lipinski definition) is 4. The minimum Gasteiger partial charge on any atom is -0.497 e. The Morgan fingerprint density at radius 2 is 1.60 bits per heavy atom. The van der Waals surface area contributed by atoms with Crippen LogP contribution in [0.5, 0.6) is 5.75 Å². The van der Waals surface area contributed by atoms with Crippen molar-refractivity contribution in [3.8, 4) is 28.5 Å². The molecule has 1 aromatic heterocycles. The molecule has 1 heterocycles. The lowest BCUT2D eigenvalue weighted by molar-refractivity contribution is -0.115. The van der Waals surface area contributed by atoms with Crippen LogP contribution >= 0.6 is 0 Å². The van der Waals surface area contributed by atoms with Crippen molar-refractivity contribution in [2.45, 2.75) is 13.3 Å². The van der Waals surface area contributed by atoms with Gasteiger partial charge >= 0.3 is 0 Å². The standard InChI is InChI=1S/C25H22N2O3/c1-17-3-7-19(8-4-17)23-16-30-25(27-23)20-9-11-21(12-10-20)26-24(28)15-18-5-13-22(29-2)14-6-18/h3-14,16H,15H2,1-2H3,(H,26,28). The zero-order chi connectivity index (χ0) is 20.9. The van der Waals surface area contributed by atoms with Gasteiger partial charge in [-0.25, -0.2) is 4.98 Å². The second-order valence-electron chi connectivity index (χ2n) is 7.05. The van der Waals surface area contributed by atoms with Crippen molar-refractivity contribution in [1.29, 1.82) is 0 Å². The smallest absolute Gasteiger partial charge is 0.228 e. The molecule has 0 aliphatic rings. The number of benzene rings is 3. The third-order valence-corrected chi connectivity index (χ3v) is 4.79. The number of carbonyl (C=O) groups excluding carboxylic acids is 1. The van der Waals surface area contributed by atoms with Crippen molar-refractivity contribution in [3.63, 3.8) is 0 Å². The first-order valence-corrected chi connectivity index (χ1v) is 9.66. The number of methoxy groups -OCH3 is 1. The van der Waals surface area contributed by atoms with Gasteiger partial charge in [-0.15, -0.1) is 0 Å². The lowest BCUT2D eigenvalue weighted by Crippen LogP contribution is -2.14. The van der Waals surface area contributed by atoms with Gasteiger partial charge in [0, 0.05) is 16.8 Å². The maximum Gasteiger partial charge on any atom is 0.228 e. The molecule has 30 heavy (non-hydrogen) atoms. The van der Waals surface area contributed by atoms with Gasteiger partial charge in [-0.05, 0) is 48.9 Å². The van der Waals surface area contributed by atoms with Gasteiger partial charge in [0.1, 0.15) is 17.7 Å². The largest absolute Gasteiger partial charge is 0.497 e. The average Bonchev–Trinajstić information content (AvgIpc) is 3.25. The molecule has 0 radical (unpaired) electrons. The summed E-state index contributed by atoms with van der Waals surface area (Å²) in [6, 6.07) is 23.1. The highest BCUT2D eigenvalue weighted by Crippen LogP contribution is 2.26. The summed E-state index contributed by atoms with van der Waals surface area (Å²) in [6.07, 6.45) is 1.95. The topological polar surface area (TPSA) is 64.4 Å². The Labute approximate surface area is 175 Å². The van der Waals surface area contributed by atoms with Crippen molar-refractivity contribution < 1.29 is 13.9 Å². The van der Waals surface area contributed by atoms with Gasteiger partial charge in [-0.3, -0.25) is 4.79 Å². The van der Waals surface area contributed by atoms with E-state index in [0.29, 0.717) is 12.3 Å². The molecule has 0 unspecified atom stereocenters. The zero-order valence-electron chi connectivity index (χ0n) is 16.9. The number of hydrogen-bond donors (Lipinski definition) is 1. The third kappa shape index (κ3) is 4.58. The predicted octanol–water partition coefficient (Wildman–Crippen LogP) is 5.51. The molecule has 4 aromatic rings. The molecule has 150 valence electrons. The van der Waals surface area contributed by atoms with Crippen molar-refractivity contribution in [2.24, 2.45) is 0 Å². The molecule has 0 fully saturated rings. The summed E-state index contributed by atoms with van der Waals surface area (Å²) in [5.41, 5.74) is 5.50. The van der Waals surface area contributed by atoms with Crippen LogP contribution in [0.15, 0.2) is 83.5 Å². The number of nitrogens with one attached hydrogen (secondary N) is 1. The molecule has 0 aliphatic carbocycles. The number of carbonyl (C=O) groups is 1. The first kappa shape index (κ1) is 19.5. The molecule has 0 bridgehead atoms. The molecule has 0 saturated heterocycles. The normalized spacial score (nSPS) is 10.6. The third-order valence-electron chi connectivity index (χ3n) is 4.79. The number of oxazole rings is 1. The number of aromatic nitrogens is 1. The molecule has 0 spiro atoms. The van der Waals surface area contributed by atoms with Crippen LogP contribution < -0.4 is 10.1 Å². The second kappa shape index (κ2) is 8.66. The summed E-state index contributed by atoms with van der Waals surface area (Å²) in [6.45, 7) is 2.05. The number of anilines is 1. The van der Waals surface area contributed by atoms with Crippen LogP contribution in [0.1, 0.15) is 11.1 Å². The molecule has 0 atom stereocenters. The lowest BCUT2D eigenvalue weighted by atomic mass is 10.1. The van der Waals surface area contributed by atoms with Crippen molar-refractivity contribution >= 4 is 11.6 Å². The van der Waals surface area contributed by atoms with E-state index >= 15 is 0 Å². The van der Waals surface area contributed by atoms with Gasteiger partial charge in [0.2, 0.25) is 11.8 Å². The average molecular weight is 398 g/mol. The Balaban J connectivity index is 1.40. The van der Waals surface area contributed by atoms with Crippen molar-refractivity contribution in [3.05, 3.63) is 90.2 Å². The van der Waals surface area contributed by atoms with Crippen LogP contribution in [-0.4, -0.2) is 18.0 Å². The van der Waals surface area contributed by atoms with Gasteiger partial charge in [-0.2, -0.15) is 0 Å². The lowest BCUT2D eigenvalue weighted by Gasteiger charge is -2.06. The first-order chi connectivity index (χ1) is 14.6. The highest BCUT2D eigenvalue weighted by molar-refractivity contribution is 5.92. The monoisotopic (exact) mass is 398 g/mol. The van der Waals surface area contributed by atoms with Crippen LogP contribution in [0.4, 0.5) is 5.69 Å². The van der Waals surface area contributed by atoms with E-state index in [0.717, 1.165) is 33.8 Å². The highest BCUT2D eigenvalue weighted by Gasteiger charge is 2.10. The van der Waals surface area contributed by atoms with Gasteiger partial charge in [0.15, 0.2) is 0 Å². The highest BCUT2D eigenvalue weighted by atomic mass is 16.5. The Bertz CT molecular complexity index is 1130. The minimum absolute atomic E-state index is 0.0781. The van der Waals surface area contributed by atoms with Crippen molar-refractivity contribution in [2.75, 3.05) is 12.4 Å². The van der Waals surface area contributed by atoms with E-state index in [9.17, 15) is 4.79 Å². The van der Waals surface area contributed by atoms with Gasteiger partial charge in [0.05, 0.1) is 13.5 Å². The summed E-state index contributed by atoms with van der Waals surface area (Å²) in [7, 11) is 1.62. The fourth-order valence-electron chi connectivity index (χ4n) is 3.09. The van der Waals surface area contributed by atoms with Crippen molar-refractivity contribution in [1.82, 2.24) is 4.98 Å². The molecule has 5 heteroatoms. The molecule has 5 nitrogen and oxygen atoms in total. The van der Waals surface area contributed by atoms with Gasteiger partial charge in [-0.1, -0.05) is 42.0 Å². The van der Waals surface area contributed by atoms with Crippen LogP contribution in [0.3, 0.4) is 0 Å². The first-order valence-electron chi connectivity index (χ1n) is 9.66. The van der Waals surface area contributed by atoms with Crippen LogP contribution in [0.2, 0.25) is 0 Å². The Kier molecular flexibility index (Phi) is 5.61. The maximum absolute atomic E-state index is 12.3. The quantitative estimate of drug-likeness (QED) is 0.465. The number of aryl methyl sites for hydroxylation is 1. The fraction of sp³-hybridized carbons (Fsp3) is 0.120. The summed E-state index contributed by atoms with van der Waals surface area (Å²) in [5, 5.41) is 2.91. The zero-order valence-corrected chi connectivity index (χ0v) is 16.9. The molecular weight excluding hydrogens is 376 g/mol. The van der Waals surface area contributed by atoms with Crippen LogP contribution in [0, 0.1) is 6.92 Å². The number of nitrogens with zero attached hydrogens (tertiary/aromatic N) is 1. The molecular formula is C25H22N2O3. The number of rotatable bonds is 6. The van der Waals surface area contributed by atoms with E-state index in [2.05, 4.69) is 17.2 Å². The number of amides is 1. The SMILES string of the molecule is COc1ccc(CC(=O)Nc2ccc(-c3nc(-c4ccc(C)cc4)co3)cc2)cc1. The summed E-state index contributed by atoms with van der Waals surface area (Å²) >= 11 is 0. The van der Waals surface area contributed by atoms with Crippen LogP contribution in [0.25, 0.3) is 22.7 Å². The summed E-state index contributed by atoms with van der Waals surface area (Å²) < 4.78 is 10.8. The summed E-state index contributed by atoms with van der Waals surface area (Å²) in [4.78, 5) is 16.9. The fourth-order valence-corrected chi connectivity index (χ4v) is 3.09.